The van der Waals surface area contributed by atoms with E-state index in [-0.39, 0.29) is 11.8 Å². The van der Waals surface area contributed by atoms with Gasteiger partial charge < -0.3 is 9.64 Å². The van der Waals surface area contributed by atoms with Gasteiger partial charge in [0.05, 0.1) is 5.71 Å². The van der Waals surface area contributed by atoms with Crippen molar-refractivity contribution in [2.24, 2.45) is 16.9 Å². The standard InChI is InChI=1S/C20H27N3O2/c1-13(2)23-10-8-16(9-11-23)25-15-6-4-14(5-7-15)19-17-12-18(17)20(24)22(3)21-19/h4-7,13,16-18H,8-12H2,1-3H3. The maximum atomic E-state index is 11.9. The molecule has 1 amide bonds. The third-order valence-corrected chi connectivity index (χ3v) is 5.70. The molecule has 1 aromatic rings. The fraction of sp³-hybridized carbons (Fsp3) is 0.600. The van der Waals surface area contributed by atoms with E-state index in [0.29, 0.717) is 18.1 Å². The number of rotatable bonds is 4. The first-order valence-electron chi connectivity index (χ1n) is 9.40. The van der Waals surface area contributed by atoms with E-state index in [0.717, 1.165) is 49.4 Å². The Kier molecular flexibility index (Phi) is 4.28. The Hall–Kier alpha value is -1.88. The molecule has 2 unspecified atom stereocenters. The highest BCUT2D eigenvalue weighted by Gasteiger charge is 2.50. The van der Waals surface area contributed by atoms with Gasteiger partial charge >= 0.3 is 0 Å². The minimum atomic E-state index is 0.152. The number of hydrazone groups is 1. The first kappa shape index (κ1) is 16.6. The van der Waals surface area contributed by atoms with Gasteiger partial charge in [-0.15, -0.1) is 0 Å². The molecular weight excluding hydrogens is 314 g/mol. The van der Waals surface area contributed by atoms with Gasteiger partial charge in [0.25, 0.3) is 0 Å². The van der Waals surface area contributed by atoms with Gasteiger partial charge in [-0.3, -0.25) is 4.79 Å². The molecule has 2 heterocycles. The zero-order chi connectivity index (χ0) is 17.6. The van der Waals surface area contributed by atoms with Crippen molar-refractivity contribution in [2.45, 2.75) is 45.3 Å². The zero-order valence-corrected chi connectivity index (χ0v) is 15.3. The Morgan fingerprint density at radius 2 is 1.80 bits per heavy atom. The van der Waals surface area contributed by atoms with E-state index in [9.17, 15) is 4.79 Å². The fourth-order valence-corrected chi connectivity index (χ4v) is 3.97. The Morgan fingerprint density at radius 1 is 1.12 bits per heavy atom. The molecule has 1 saturated carbocycles. The topological polar surface area (TPSA) is 45.1 Å². The molecule has 3 aliphatic rings. The van der Waals surface area contributed by atoms with Crippen molar-refractivity contribution in [3.05, 3.63) is 29.8 Å². The highest BCUT2D eigenvalue weighted by atomic mass is 16.5. The first-order chi connectivity index (χ1) is 12.0. The lowest BCUT2D eigenvalue weighted by Gasteiger charge is -2.34. The third-order valence-electron chi connectivity index (χ3n) is 5.70. The smallest absolute Gasteiger partial charge is 0.246 e. The van der Waals surface area contributed by atoms with Crippen LogP contribution < -0.4 is 4.74 Å². The largest absolute Gasteiger partial charge is 0.490 e. The summed E-state index contributed by atoms with van der Waals surface area (Å²) in [6.07, 6.45) is 3.42. The first-order valence-corrected chi connectivity index (χ1v) is 9.40. The van der Waals surface area contributed by atoms with Crippen molar-refractivity contribution in [1.29, 1.82) is 0 Å². The summed E-state index contributed by atoms with van der Waals surface area (Å²) in [4.78, 5) is 14.4. The number of carbonyl (C=O) groups excluding carboxylic acids is 1. The monoisotopic (exact) mass is 341 g/mol. The van der Waals surface area contributed by atoms with E-state index in [1.165, 1.54) is 5.01 Å². The summed E-state index contributed by atoms with van der Waals surface area (Å²) >= 11 is 0. The van der Waals surface area contributed by atoms with E-state index in [2.05, 4.69) is 36.0 Å². The fourth-order valence-electron chi connectivity index (χ4n) is 3.97. The van der Waals surface area contributed by atoms with Crippen LogP contribution in [-0.4, -0.2) is 53.8 Å². The second-order valence-electron chi connectivity index (χ2n) is 7.77. The quantitative estimate of drug-likeness (QED) is 0.846. The summed E-state index contributed by atoms with van der Waals surface area (Å²) in [5.41, 5.74) is 2.15. The maximum Gasteiger partial charge on any atom is 0.246 e. The minimum absolute atomic E-state index is 0.152. The van der Waals surface area contributed by atoms with Crippen LogP contribution in [0, 0.1) is 11.8 Å². The van der Waals surface area contributed by atoms with Crippen LogP contribution in [0.1, 0.15) is 38.7 Å². The summed E-state index contributed by atoms with van der Waals surface area (Å²) in [6, 6.07) is 8.86. The molecule has 0 N–H and O–H groups in total. The van der Waals surface area contributed by atoms with Crippen LogP contribution >= 0.6 is 0 Å². The van der Waals surface area contributed by atoms with Crippen molar-refractivity contribution in [2.75, 3.05) is 20.1 Å². The second kappa shape index (κ2) is 6.45. The highest BCUT2D eigenvalue weighted by molar-refractivity contribution is 6.09. The number of likely N-dealkylation sites (tertiary alicyclic amines) is 1. The van der Waals surface area contributed by atoms with E-state index in [1.54, 1.807) is 7.05 Å². The Morgan fingerprint density at radius 3 is 2.44 bits per heavy atom. The van der Waals surface area contributed by atoms with Gasteiger partial charge in [-0.1, -0.05) is 0 Å². The summed E-state index contributed by atoms with van der Waals surface area (Å²) in [6.45, 7) is 6.73. The number of benzene rings is 1. The van der Waals surface area contributed by atoms with Crippen LogP contribution in [0.5, 0.6) is 5.75 Å². The lowest BCUT2D eigenvalue weighted by Crippen LogP contribution is -2.41. The normalized spacial score (nSPS) is 27.3. The number of piperidine rings is 1. The van der Waals surface area contributed by atoms with Gasteiger partial charge in [0.15, 0.2) is 0 Å². The predicted octanol–water partition coefficient (Wildman–Crippen LogP) is 2.75. The van der Waals surface area contributed by atoms with Gasteiger partial charge in [0.2, 0.25) is 5.91 Å². The molecule has 1 aliphatic carbocycles. The molecular formula is C20H27N3O2. The number of carbonyl (C=O) groups is 1. The van der Waals surface area contributed by atoms with Gasteiger partial charge in [-0.2, -0.15) is 5.10 Å². The molecule has 2 fully saturated rings. The Bertz CT molecular complexity index is 675. The third kappa shape index (κ3) is 3.30. The van der Waals surface area contributed by atoms with Crippen LogP contribution in [0.15, 0.2) is 29.4 Å². The van der Waals surface area contributed by atoms with Gasteiger partial charge in [-0.25, -0.2) is 5.01 Å². The van der Waals surface area contributed by atoms with Crippen molar-refractivity contribution in [1.82, 2.24) is 9.91 Å². The lowest BCUT2D eigenvalue weighted by molar-refractivity contribution is -0.131. The number of hydrogen-bond acceptors (Lipinski definition) is 4. The van der Waals surface area contributed by atoms with E-state index in [4.69, 9.17) is 4.74 Å². The van der Waals surface area contributed by atoms with Gasteiger partial charge in [0.1, 0.15) is 11.9 Å². The molecule has 1 saturated heterocycles. The van der Waals surface area contributed by atoms with E-state index >= 15 is 0 Å². The molecule has 2 atom stereocenters. The molecule has 0 aromatic heterocycles. The summed E-state index contributed by atoms with van der Waals surface area (Å²) < 4.78 is 6.17. The Balaban J connectivity index is 1.38. The lowest BCUT2D eigenvalue weighted by atomic mass is 10.0. The average Bonchev–Trinajstić information content (AvgIpc) is 3.40. The summed E-state index contributed by atoms with van der Waals surface area (Å²) in [5, 5.41) is 5.98. The van der Waals surface area contributed by atoms with Crippen LogP contribution in [0.4, 0.5) is 0 Å². The molecule has 0 bridgehead atoms. The Labute approximate surface area is 149 Å². The summed E-state index contributed by atoms with van der Waals surface area (Å²) in [7, 11) is 1.75. The number of fused-ring (bicyclic) bond motifs is 1. The number of ether oxygens (including phenoxy) is 1. The van der Waals surface area contributed by atoms with Gasteiger partial charge in [0, 0.05) is 38.0 Å². The minimum Gasteiger partial charge on any atom is -0.490 e. The molecule has 0 radical (unpaired) electrons. The van der Waals surface area contributed by atoms with Crippen LogP contribution in [0.25, 0.3) is 0 Å². The molecule has 1 aromatic carbocycles. The summed E-state index contributed by atoms with van der Waals surface area (Å²) in [5.74, 6) is 1.55. The van der Waals surface area contributed by atoms with Crippen molar-refractivity contribution in [3.8, 4) is 5.75 Å². The molecule has 25 heavy (non-hydrogen) atoms. The highest BCUT2D eigenvalue weighted by Crippen LogP contribution is 2.45. The van der Waals surface area contributed by atoms with Crippen LogP contribution in [-0.2, 0) is 4.79 Å². The van der Waals surface area contributed by atoms with E-state index < -0.39 is 0 Å². The second-order valence-corrected chi connectivity index (χ2v) is 7.77. The number of nitrogens with zero attached hydrogens (tertiary/aromatic N) is 3. The van der Waals surface area contributed by atoms with Crippen molar-refractivity contribution < 1.29 is 9.53 Å². The molecule has 5 heteroatoms. The van der Waals surface area contributed by atoms with Crippen LogP contribution in [0.2, 0.25) is 0 Å². The van der Waals surface area contributed by atoms with E-state index in [1.807, 2.05) is 12.1 Å². The number of hydrogen-bond donors (Lipinski definition) is 0. The number of amides is 1. The molecule has 2 aliphatic heterocycles. The maximum absolute atomic E-state index is 11.9. The van der Waals surface area contributed by atoms with Crippen molar-refractivity contribution >= 4 is 11.6 Å². The predicted molar refractivity (Wildman–Crippen MR) is 97.7 cm³/mol. The van der Waals surface area contributed by atoms with Crippen LogP contribution in [0.3, 0.4) is 0 Å². The molecule has 134 valence electrons. The van der Waals surface area contributed by atoms with Gasteiger partial charge in [-0.05, 0) is 62.9 Å². The molecule has 4 rings (SSSR count). The average molecular weight is 341 g/mol. The zero-order valence-electron chi connectivity index (χ0n) is 15.3. The molecule has 5 nitrogen and oxygen atoms in total. The molecule has 0 spiro atoms. The van der Waals surface area contributed by atoms with Crippen molar-refractivity contribution in [3.63, 3.8) is 0 Å². The SMILES string of the molecule is CC(C)N1CCC(Oc2ccc(C3=NN(C)C(=O)C4CC34)cc2)CC1.